The number of anilines is 2. The number of nitrogens with zero attached hydrogens (tertiary/aromatic N) is 10. The molecule has 10 rings (SSSR count). The number of esters is 1. The summed E-state index contributed by atoms with van der Waals surface area (Å²) in [6.07, 6.45) is -1.00. The zero-order valence-corrected chi connectivity index (χ0v) is 43.6. The zero-order chi connectivity index (χ0) is 52.0. The van der Waals surface area contributed by atoms with Crippen LogP contribution >= 0.6 is 0 Å². The summed E-state index contributed by atoms with van der Waals surface area (Å²) in [4.78, 5) is 90.4. The third-order valence-corrected chi connectivity index (χ3v) is 14.5. The number of aromatic nitrogens is 4. The number of amides is 2. The second kappa shape index (κ2) is 18.2. The number of rotatable bonds is 7. The van der Waals surface area contributed by atoms with Gasteiger partial charge in [-0.3, -0.25) is 28.1 Å². The highest BCUT2D eigenvalue weighted by Gasteiger charge is 2.51. The maximum atomic E-state index is 13.6. The summed E-state index contributed by atoms with van der Waals surface area (Å²) in [6, 6.07) is 14.6. The highest BCUT2D eigenvalue weighted by Crippen LogP contribution is 2.42. The van der Waals surface area contributed by atoms with Crippen molar-refractivity contribution < 1.29 is 38.5 Å². The summed E-state index contributed by atoms with van der Waals surface area (Å²) in [5.41, 5.74) is 2.78. The first-order valence-corrected chi connectivity index (χ1v) is 25.0. The van der Waals surface area contributed by atoms with Gasteiger partial charge in [-0.2, -0.15) is 0 Å². The van der Waals surface area contributed by atoms with Crippen molar-refractivity contribution in [3.63, 3.8) is 0 Å². The van der Waals surface area contributed by atoms with Crippen molar-refractivity contribution in [3.8, 4) is 11.4 Å². The van der Waals surface area contributed by atoms with Crippen molar-refractivity contribution in [2.24, 2.45) is 10.8 Å². The number of aromatic carboxylic acids is 1. The minimum atomic E-state index is -1.21. The molecule has 4 aromatic rings. The van der Waals surface area contributed by atoms with Crippen molar-refractivity contribution in [2.45, 2.75) is 112 Å². The average molecular weight is 995 g/mol. The minimum Gasteiger partial charge on any atom is -0.477 e. The zero-order valence-electron chi connectivity index (χ0n) is 43.6. The normalized spacial score (nSPS) is 21.0. The molecule has 72 heavy (non-hydrogen) atoms. The van der Waals surface area contributed by atoms with Crippen LogP contribution in [0.1, 0.15) is 94.7 Å². The second-order valence-corrected chi connectivity index (χ2v) is 23.1. The first kappa shape index (κ1) is 50.4. The van der Waals surface area contributed by atoms with Gasteiger partial charge in [0.25, 0.3) is 0 Å². The molecule has 2 spiro atoms. The van der Waals surface area contributed by atoms with E-state index >= 15 is 0 Å². The summed E-state index contributed by atoms with van der Waals surface area (Å²) in [6.45, 7) is 25.5. The lowest BCUT2D eigenvalue weighted by molar-refractivity contribution is -0.00245. The van der Waals surface area contributed by atoms with E-state index < -0.39 is 41.0 Å². The van der Waals surface area contributed by atoms with E-state index in [4.69, 9.17) is 14.2 Å². The van der Waals surface area contributed by atoms with E-state index in [2.05, 4.69) is 33.7 Å². The van der Waals surface area contributed by atoms with Gasteiger partial charge in [0, 0.05) is 87.7 Å². The second-order valence-electron chi connectivity index (χ2n) is 23.1. The van der Waals surface area contributed by atoms with Gasteiger partial charge in [-0.25, -0.2) is 28.8 Å². The van der Waals surface area contributed by atoms with E-state index in [1.54, 1.807) is 49.3 Å². The summed E-state index contributed by atoms with van der Waals surface area (Å²) in [5, 5.41) is 10.1. The van der Waals surface area contributed by atoms with Crippen LogP contribution in [0.2, 0.25) is 0 Å². The fourth-order valence-corrected chi connectivity index (χ4v) is 11.6. The van der Waals surface area contributed by atoms with Gasteiger partial charge in [0.15, 0.2) is 11.4 Å². The fraction of sp³-hybridized carbons (Fsp3) is 0.577. The molecule has 2 aromatic heterocycles. The highest BCUT2D eigenvalue weighted by molar-refractivity contribution is 5.90. The quantitative estimate of drug-likeness (QED) is 0.194. The molecule has 0 saturated carbocycles. The van der Waals surface area contributed by atoms with E-state index in [1.807, 2.05) is 71.0 Å². The molecule has 4 saturated heterocycles. The number of ether oxygens (including phenoxy) is 3. The van der Waals surface area contributed by atoms with E-state index in [1.165, 1.54) is 18.6 Å². The van der Waals surface area contributed by atoms with Gasteiger partial charge in [0.1, 0.15) is 11.2 Å². The Balaban J connectivity index is 0.000000178. The van der Waals surface area contributed by atoms with Crippen molar-refractivity contribution in [1.29, 1.82) is 0 Å². The van der Waals surface area contributed by atoms with E-state index in [0.29, 0.717) is 33.6 Å². The number of likely N-dealkylation sites (tertiary alicyclic amines) is 2. The van der Waals surface area contributed by atoms with Gasteiger partial charge in [0.2, 0.25) is 0 Å². The van der Waals surface area contributed by atoms with E-state index in [-0.39, 0.29) is 61.9 Å². The van der Waals surface area contributed by atoms with Gasteiger partial charge < -0.3 is 38.9 Å². The Bertz CT molecular complexity index is 2870. The Morgan fingerprint density at radius 3 is 1.26 bits per heavy atom. The molecule has 0 radical (unpaired) electrons. The van der Waals surface area contributed by atoms with Crippen molar-refractivity contribution in [1.82, 2.24) is 37.9 Å². The van der Waals surface area contributed by atoms with Crippen molar-refractivity contribution in [2.75, 3.05) is 82.9 Å². The average Bonchev–Trinajstić information content (AvgIpc) is 3.70. The Kier molecular flexibility index (Phi) is 12.7. The number of carbonyl (C=O) groups is 4. The Labute approximate surface area is 419 Å². The molecule has 2 amide bonds. The van der Waals surface area contributed by atoms with Gasteiger partial charge in [-0.15, -0.1) is 0 Å². The van der Waals surface area contributed by atoms with Gasteiger partial charge >= 0.3 is 35.5 Å². The number of benzene rings is 2. The molecule has 6 aliphatic rings. The SMILES string of the molecule is CC1Cn2c(c(C(=O)O)n(-c3ccc(N4CC5(CN(C)C5)C4)cc3)c2=O)CN1C(=O)OC(C)(C)C.CCOC(=O)c1c2n(c(=O)n1-c1ccc(N3CC4(CN(C)C4)C3)cc1)CC(C)N(C(=O)OC(C)(C)C)C2. The largest absolute Gasteiger partial charge is 0.477 e. The molecular formula is C52H70N10O10. The molecular weight excluding hydrogens is 925 g/mol. The molecule has 1 N–H and O–H groups in total. The van der Waals surface area contributed by atoms with Gasteiger partial charge in [0.05, 0.1) is 54.5 Å². The molecule has 0 aliphatic carbocycles. The van der Waals surface area contributed by atoms with Crippen molar-refractivity contribution >= 4 is 35.5 Å². The smallest absolute Gasteiger partial charge is 0.410 e. The Morgan fingerprint density at radius 1 is 0.583 bits per heavy atom. The number of hydrogen-bond donors (Lipinski definition) is 1. The topological polar surface area (TPSA) is 190 Å². The summed E-state index contributed by atoms with van der Waals surface area (Å²) in [5.74, 6) is -1.80. The van der Waals surface area contributed by atoms with Crippen LogP contribution in [0, 0.1) is 10.8 Å². The van der Waals surface area contributed by atoms with E-state index in [0.717, 1.165) is 63.7 Å². The first-order chi connectivity index (χ1) is 33.8. The number of fused-ring (bicyclic) bond motifs is 2. The molecule has 20 nitrogen and oxygen atoms in total. The minimum absolute atomic E-state index is 0.0116. The van der Waals surface area contributed by atoms with Crippen LogP contribution in [0.3, 0.4) is 0 Å². The highest BCUT2D eigenvalue weighted by atomic mass is 16.6. The summed E-state index contributed by atoms with van der Waals surface area (Å²) >= 11 is 0. The Morgan fingerprint density at radius 2 is 0.931 bits per heavy atom. The standard InChI is InChI=1S/C27H37N5O5.C25H33N5O5/c1-7-36-23(33)22-21-13-30(25(35)37-26(3,4)5)18(2)12-31(21)24(34)32(22)20-10-8-19(9-11-20)29-16-27(17-29)14-28(6)15-27;1-16-10-29-19(11-28(16)23(34)35-24(2,3)4)20(21(31)32)30(22(29)33)18-8-6-17(7-9-18)27-14-25(15-27)12-26(5)13-25/h8-11,18H,7,12-17H2,1-6H3;6-9,16H,10-15H2,1-5H3,(H,31,32). The van der Waals surface area contributed by atoms with Crippen molar-refractivity contribution in [3.05, 3.63) is 92.3 Å². The molecule has 388 valence electrons. The molecule has 8 heterocycles. The molecule has 2 unspecified atom stereocenters. The first-order valence-electron chi connectivity index (χ1n) is 25.0. The van der Waals surface area contributed by atoms with Gasteiger partial charge in [-0.1, -0.05) is 0 Å². The molecule has 2 atom stereocenters. The summed E-state index contributed by atoms with van der Waals surface area (Å²) in [7, 11) is 4.28. The maximum absolute atomic E-state index is 13.6. The molecule has 4 fully saturated rings. The molecule has 2 aromatic carbocycles. The number of carboxylic acid groups (broad SMARTS) is 1. The number of carboxylic acids is 1. The lowest BCUT2D eigenvalue weighted by atomic mass is 9.73. The van der Waals surface area contributed by atoms with Crippen LogP contribution in [0.5, 0.6) is 0 Å². The molecule has 6 aliphatic heterocycles. The lowest BCUT2D eigenvalue weighted by Gasteiger charge is -2.60. The third-order valence-electron chi connectivity index (χ3n) is 14.5. The lowest BCUT2D eigenvalue weighted by Crippen LogP contribution is -2.71. The van der Waals surface area contributed by atoms with Crippen LogP contribution in [-0.2, 0) is 40.4 Å². The Hall–Kier alpha value is -6.54. The fourth-order valence-electron chi connectivity index (χ4n) is 11.6. The predicted octanol–water partition coefficient (Wildman–Crippen LogP) is 4.93. The predicted molar refractivity (Wildman–Crippen MR) is 270 cm³/mol. The van der Waals surface area contributed by atoms with Crippen LogP contribution in [0.15, 0.2) is 58.1 Å². The van der Waals surface area contributed by atoms with Crippen LogP contribution in [0.4, 0.5) is 21.0 Å². The van der Waals surface area contributed by atoms with Crippen LogP contribution in [-0.4, -0.2) is 163 Å². The number of carbonyl (C=O) groups excluding carboxylic acids is 3. The summed E-state index contributed by atoms with van der Waals surface area (Å²) < 4.78 is 22.2. The molecule has 20 heteroatoms. The van der Waals surface area contributed by atoms with Gasteiger partial charge in [-0.05, 0) is 125 Å². The van der Waals surface area contributed by atoms with Crippen LogP contribution < -0.4 is 21.2 Å². The maximum Gasteiger partial charge on any atom is 0.410 e. The van der Waals surface area contributed by atoms with E-state index in [9.17, 15) is 33.9 Å². The monoisotopic (exact) mass is 995 g/mol. The van der Waals surface area contributed by atoms with Crippen LogP contribution in [0.25, 0.3) is 11.4 Å². The molecule has 0 bridgehead atoms. The number of hydrogen-bond acceptors (Lipinski definition) is 13. The number of imidazole rings is 2. The third kappa shape index (κ3) is 9.38.